The minimum Gasteiger partial charge on any atom is -0.469 e. The molecule has 0 aromatic carbocycles. The van der Waals surface area contributed by atoms with Gasteiger partial charge in [-0.05, 0) is 37.7 Å². The molecule has 0 radical (unpaired) electrons. The van der Waals surface area contributed by atoms with Gasteiger partial charge in [-0.15, -0.1) is 0 Å². The quantitative estimate of drug-likeness (QED) is 0.642. The smallest absolute Gasteiger partial charge is 0.191 e. The van der Waals surface area contributed by atoms with Crippen LogP contribution in [0.2, 0.25) is 0 Å². The molecule has 4 nitrogen and oxygen atoms in total. The van der Waals surface area contributed by atoms with E-state index >= 15 is 0 Å². The second-order valence-electron chi connectivity index (χ2n) is 4.84. The Morgan fingerprint density at radius 3 is 3.05 bits per heavy atom. The molecule has 1 aliphatic rings. The van der Waals surface area contributed by atoms with Crippen LogP contribution < -0.4 is 10.6 Å². The van der Waals surface area contributed by atoms with E-state index in [-0.39, 0.29) is 0 Å². The van der Waals surface area contributed by atoms with Crippen LogP contribution in [0.15, 0.2) is 27.8 Å². The summed E-state index contributed by atoms with van der Waals surface area (Å²) < 4.78 is 5.31. The Kier molecular flexibility index (Phi) is 5.63. The summed E-state index contributed by atoms with van der Waals surface area (Å²) in [5.74, 6) is 1.91. The van der Waals surface area contributed by atoms with Gasteiger partial charge in [-0.25, -0.2) is 0 Å². The molecule has 2 rings (SSSR count). The first kappa shape index (κ1) is 14.3. The number of guanidine groups is 1. The number of nitrogens with zero attached hydrogens (tertiary/aromatic N) is 1. The highest BCUT2D eigenvalue weighted by Crippen LogP contribution is 2.27. The van der Waals surface area contributed by atoms with Crippen LogP contribution in [0.5, 0.6) is 0 Å². The summed E-state index contributed by atoms with van der Waals surface area (Å²) in [4.78, 5) is 4.28. The third-order valence-corrected chi connectivity index (χ3v) is 4.62. The molecular formula is C14H23N3OS. The molecule has 0 saturated heterocycles. The molecule has 0 amide bonds. The average molecular weight is 281 g/mol. The molecule has 1 aliphatic carbocycles. The molecule has 0 aliphatic heterocycles. The summed E-state index contributed by atoms with van der Waals surface area (Å²) in [6.45, 7) is 0.839. The lowest BCUT2D eigenvalue weighted by Gasteiger charge is -2.17. The van der Waals surface area contributed by atoms with Crippen molar-refractivity contribution in [3.8, 4) is 0 Å². The maximum atomic E-state index is 5.31. The summed E-state index contributed by atoms with van der Waals surface area (Å²) in [7, 11) is 1.82. The molecule has 1 aromatic heterocycles. The predicted octanol–water partition coefficient (Wildman–Crippen LogP) is 2.27. The van der Waals surface area contributed by atoms with E-state index < -0.39 is 0 Å². The van der Waals surface area contributed by atoms with Crippen LogP contribution >= 0.6 is 11.8 Å². The normalized spacial score (nSPS) is 23.6. The molecule has 2 unspecified atom stereocenters. The Balaban J connectivity index is 1.69. The summed E-state index contributed by atoms with van der Waals surface area (Å²) in [6, 6.07) is 4.48. The van der Waals surface area contributed by atoms with Gasteiger partial charge >= 0.3 is 0 Å². The van der Waals surface area contributed by atoms with Crippen LogP contribution in [0.3, 0.4) is 0 Å². The van der Waals surface area contributed by atoms with Gasteiger partial charge in [-0.1, -0.05) is 0 Å². The van der Waals surface area contributed by atoms with Crippen LogP contribution in [0.1, 0.15) is 25.0 Å². The van der Waals surface area contributed by atoms with Crippen LogP contribution in [0, 0.1) is 0 Å². The van der Waals surface area contributed by atoms with Crippen molar-refractivity contribution in [1.29, 1.82) is 0 Å². The number of nitrogens with one attached hydrogen (secondary N) is 2. The fourth-order valence-corrected chi connectivity index (χ4v) is 3.23. The van der Waals surface area contributed by atoms with Gasteiger partial charge in [0.1, 0.15) is 5.76 Å². The summed E-state index contributed by atoms with van der Waals surface area (Å²) >= 11 is 1.97. The monoisotopic (exact) mass is 281 g/mol. The Hall–Kier alpha value is -1.10. The third kappa shape index (κ3) is 4.49. The van der Waals surface area contributed by atoms with Gasteiger partial charge < -0.3 is 15.1 Å². The molecule has 5 heteroatoms. The van der Waals surface area contributed by atoms with Crippen molar-refractivity contribution in [2.24, 2.45) is 4.99 Å². The van der Waals surface area contributed by atoms with E-state index in [4.69, 9.17) is 4.42 Å². The van der Waals surface area contributed by atoms with Crippen LogP contribution in [-0.4, -0.2) is 37.1 Å². The maximum Gasteiger partial charge on any atom is 0.191 e. The van der Waals surface area contributed by atoms with Gasteiger partial charge in [-0.3, -0.25) is 4.99 Å². The second kappa shape index (κ2) is 7.48. The molecule has 1 saturated carbocycles. The molecule has 1 aromatic rings. The zero-order valence-corrected chi connectivity index (χ0v) is 12.5. The molecule has 1 fully saturated rings. The minimum atomic E-state index is 0.562. The Labute approximate surface area is 119 Å². The molecule has 2 N–H and O–H groups in total. The number of thioether (sulfide) groups is 1. The van der Waals surface area contributed by atoms with Gasteiger partial charge in [0, 0.05) is 31.3 Å². The Morgan fingerprint density at radius 1 is 1.53 bits per heavy atom. The number of hydrogen-bond donors (Lipinski definition) is 2. The van der Waals surface area contributed by atoms with Crippen molar-refractivity contribution in [2.45, 2.75) is 37.0 Å². The van der Waals surface area contributed by atoms with Crippen molar-refractivity contribution in [1.82, 2.24) is 10.6 Å². The van der Waals surface area contributed by atoms with Crippen LogP contribution in [-0.2, 0) is 6.42 Å². The van der Waals surface area contributed by atoms with Crippen molar-refractivity contribution < 1.29 is 4.42 Å². The summed E-state index contributed by atoms with van der Waals surface area (Å²) in [5, 5.41) is 7.65. The van der Waals surface area contributed by atoms with Crippen LogP contribution in [0.4, 0.5) is 0 Å². The highest BCUT2D eigenvalue weighted by atomic mass is 32.2. The van der Waals surface area contributed by atoms with E-state index in [0.29, 0.717) is 6.04 Å². The second-order valence-corrected chi connectivity index (χ2v) is 5.98. The Bertz CT molecular complexity index is 391. The number of furan rings is 1. The van der Waals surface area contributed by atoms with E-state index in [1.54, 1.807) is 6.26 Å². The zero-order valence-electron chi connectivity index (χ0n) is 11.7. The van der Waals surface area contributed by atoms with Gasteiger partial charge in [0.05, 0.1) is 6.26 Å². The van der Waals surface area contributed by atoms with Gasteiger partial charge in [0.2, 0.25) is 0 Å². The first-order valence-electron chi connectivity index (χ1n) is 6.84. The summed E-state index contributed by atoms with van der Waals surface area (Å²) in [6.07, 6.45) is 8.57. The average Bonchev–Trinajstić information content (AvgIpc) is 3.08. The molecule has 0 bridgehead atoms. The topological polar surface area (TPSA) is 49.6 Å². The van der Waals surface area contributed by atoms with E-state index in [0.717, 1.165) is 29.9 Å². The van der Waals surface area contributed by atoms with Crippen molar-refractivity contribution in [3.63, 3.8) is 0 Å². The van der Waals surface area contributed by atoms with Crippen LogP contribution in [0.25, 0.3) is 0 Å². The molecule has 106 valence electrons. The third-order valence-electron chi connectivity index (χ3n) is 3.53. The summed E-state index contributed by atoms with van der Waals surface area (Å²) in [5.41, 5.74) is 0. The fourth-order valence-electron chi connectivity index (χ4n) is 2.43. The van der Waals surface area contributed by atoms with Gasteiger partial charge in [0.25, 0.3) is 0 Å². The fraction of sp³-hybridized carbons (Fsp3) is 0.643. The standard InChI is InChI=1S/C14H23N3OS/c1-15-14(16-8-7-12-4-3-9-18-12)17-11-5-6-13(10-11)19-2/h3-4,9,11,13H,5-8,10H2,1-2H3,(H2,15,16,17). The molecular weight excluding hydrogens is 258 g/mol. The highest BCUT2D eigenvalue weighted by molar-refractivity contribution is 7.99. The van der Waals surface area contributed by atoms with Crippen molar-refractivity contribution in [3.05, 3.63) is 24.2 Å². The van der Waals surface area contributed by atoms with E-state index in [1.807, 2.05) is 30.9 Å². The van der Waals surface area contributed by atoms with E-state index in [2.05, 4.69) is 21.9 Å². The largest absolute Gasteiger partial charge is 0.469 e. The lowest BCUT2D eigenvalue weighted by Crippen LogP contribution is -2.43. The number of aliphatic imine (C=N–C) groups is 1. The van der Waals surface area contributed by atoms with Gasteiger partial charge in [-0.2, -0.15) is 11.8 Å². The first-order valence-corrected chi connectivity index (χ1v) is 8.13. The van der Waals surface area contributed by atoms with E-state index in [9.17, 15) is 0 Å². The van der Waals surface area contributed by atoms with Crippen molar-refractivity contribution >= 4 is 17.7 Å². The molecule has 2 atom stereocenters. The highest BCUT2D eigenvalue weighted by Gasteiger charge is 2.24. The molecule has 1 heterocycles. The minimum absolute atomic E-state index is 0.562. The Morgan fingerprint density at radius 2 is 2.42 bits per heavy atom. The molecule has 0 spiro atoms. The predicted molar refractivity (Wildman–Crippen MR) is 81.9 cm³/mol. The first-order chi connectivity index (χ1) is 9.31. The lowest BCUT2D eigenvalue weighted by molar-refractivity contribution is 0.506. The SMILES string of the molecule is CN=C(NCCc1ccco1)NC1CCC(SC)C1. The lowest BCUT2D eigenvalue weighted by atomic mass is 10.2. The van der Waals surface area contributed by atoms with Gasteiger partial charge in [0.15, 0.2) is 5.96 Å². The van der Waals surface area contributed by atoms with Crippen molar-refractivity contribution in [2.75, 3.05) is 19.8 Å². The van der Waals surface area contributed by atoms with E-state index in [1.165, 1.54) is 19.3 Å². The molecule has 19 heavy (non-hydrogen) atoms. The maximum absolute atomic E-state index is 5.31. The number of rotatable bonds is 5. The zero-order chi connectivity index (χ0) is 13.5. The number of hydrogen-bond acceptors (Lipinski definition) is 3.